The number of rotatable bonds is 2. The summed E-state index contributed by atoms with van der Waals surface area (Å²) in [5.41, 5.74) is 2.30. The van der Waals surface area contributed by atoms with Gasteiger partial charge in [-0.25, -0.2) is 0 Å². The number of fused-ring (bicyclic) bond motifs is 1. The van der Waals surface area contributed by atoms with Crippen molar-refractivity contribution in [1.82, 2.24) is 5.32 Å². The van der Waals surface area contributed by atoms with E-state index in [1.807, 2.05) is 24.3 Å². The Kier molecular flexibility index (Phi) is 3.89. The first-order valence-electron chi connectivity index (χ1n) is 6.58. The molecule has 2 aromatic rings. The number of aliphatic hydroxyl groups is 1. The van der Waals surface area contributed by atoms with Crippen LogP contribution in [0.4, 0.5) is 0 Å². The predicted octanol–water partition coefficient (Wildman–Crippen LogP) is 3.38. The maximum atomic E-state index is 12.4. The zero-order chi connectivity index (χ0) is 15.0. The molecule has 2 aromatic carbocycles. The summed E-state index contributed by atoms with van der Waals surface area (Å²) in [7, 11) is 0. The number of amides is 1. The Morgan fingerprint density at radius 2 is 1.95 bits per heavy atom. The Balaban J connectivity index is 1.87. The molecule has 3 nitrogen and oxygen atoms in total. The standard InChI is InChI=1S/C16H13Cl2NO2/c17-10-5-6-13(18)12(8-10)16(21)19-15-11-4-2-1-3-9(11)7-14(15)20/h1-6,8,14-15,20H,7H2,(H,19,21). The molecule has 5 heteroatoms. The molecule has 0 radical (unpaired) electrons. The van der Waals surface area contributed by atoms with Crippen LogP contribution >= 0.6 is 23.2 Å². The molecule has 0 aromatic heterocycles. The monoisotopic (exact) mass is 321 g/mol. The molecule has 0 bridgehead atoms. The second-order valence-corrected chi connectivity index (χ2v) is 5.89. The number of nitrogens with one attached hydrogen (secondary N) is 1. The lowest BCUT2D eigenvalue weighted by molar-refractivity contribution is 0.0858. The molecular weight excluding hydrogens is 309 g/mol. The molecule has 2 atom stereocenters. The number of hydrogen-bond acceptors (Lipinski definition) is 2. The van der Waals surface area contributed by atoms with Crippen LogP contribution in [-0.4, -0.2) is 17.1 Å². The van der Waals surface area contributed by atoms with Gasteiger partial charge in [-0.2, -0.15) is 0 Å². The maximum Gasteiger partial charge on any atom is 0.253 e. The third-order valence-electron chi connectivity index (χ3n) is 3.66. The smallest absolute Gasteiger partial charge is 0.253 e. The fourth-order valence-corrected chi connectivity index (χ4v) is 3.01. The van der Waals surface area contributed by atoms with Gasteiger partial charge in [-0.15, -0.1) is 0 Å². The topological polar surface area (TPSA) is 49.3 Å². The van der Waals surface area contributed by atoms with Crippen molar-refractivity contribution in [2.75, 3.05) is 0 Å². The molecule has 2 unspecified atom stereocenters. The first kappa shape index (κ1) is 14.4. The Hall–Kier alpha value is -1.55. The highest BCUT2D eigenvalue weighted by Gasteiger charge is 2.32. The zero-order valence-electron chi connectivity index (χ0n) is 11.0. The minimum atomic E-state index is -0.635. The Morgan fingerprint density at radius 3 is 2.76 bits per heavy atom. The number of hydrogen-bond donors (Lipinski definition) is 2. The van der Waals surface area contributed by atoms with Gasteiger partial charge < -0.3 is 10.4 Å². The highest BCUT2D eigenvalue weighted by atomic mass is 35.5. The van der Waals surface area contributed by atoms with Crippen molar-refractivity contribution in [3.05, 3.63) is 69.2 Å². The van der Waals surface area contributed by atoms with Gasteiger partial charge in [0.1, 0.15) is 0 Å². The predicted molar refractivity (Wildman–Crippen MR) is 82.8 cm³/mol. The first-order chi connectivity index (χ1) is 10.1. The van der Waals surface area contributed by atoms with E-state index in [0.29, 0.717) is 22.0 Å². The first-order valence-corrected chi connectivity index (χ1v) is 7.33. The van der Waals surface area contributed by atoms with E-state index in [4.69, 9.17) is 23.2 Å². The van der Waals surface area contributed by atoms with Crippen molar-refractivity contribution < 1.29 is 9.90 Å². The van der Waals surface area contributed by atoms with Crippen LogP contribution in [-0.2, 0) is 6.42 Å². The van der Waals surface area contributed by atoms with Crippen LogP contribution in [0.1, 0.15) is 27.5 Å². The number of benzene rings is 2. The molecule has 1 aliphatic carbocycles. The minimum Gasteiger partial charge on any atom is -0.390 e. The van der Waals surface area contributed by atoms with Crippen LogP contribution in [0.2, 0.25) is 10.0 Å². The lowest BCUT2D eigenvalue weighted by atomic mass is 10.1. The average molecular weight is 322 g/mol. The molecule has 0 heterocycles. The third-order valence-corrected chi connectivity index (χ3v) is 4.23. The molecule has 0 fully saturated rings. The highest BCUT2D eigenvalue weighted by molar-refractivity contribution is 6.35. The van der Waals surface area contributed by atoms with Gasteiger partial charge in [0.2, 0.25) is 0 Å². The molecule has 0 saturated carbocycles. The van der Waals surface area contributed by atoms with Crippen molar-refractivity contribution in [3.8, 4) is 0 Å². The second kappa shape index (κ2) is 5.68. The zero-order valence-corrected chi connectivity index (χ0v) is 12.5. The van der Waals surface area contributed by atoms with Gasteiger partial charge in [0.25, 0.3) is 5.91 Å². The summed E-state index contributed by atoms with van der Waals surface area (Å²) in [6.45, 7) is 0. The van der Waals surface area contributed by atoms with Crippen molar-refractivity contribution in [2.24, 2.45) is 0 Å². The number of carbonyl (C=O) groups excluding carboxylic acids is 1. The molecule has 108 valence electrons. The van der Waals surface area contributed by atoms with E-state index in [9.17, 15) is 9.90 Å². The van der Waals surface area contributed by atoms with E-state index in [1.165, 1.54) is 6.07 Å². The van der Waals surface area contributed by atoms with Gasteiger partial charge in [-0.05, 0) is 29.3 Å². The highest BCUT2D eigenvalue weighted by Crippen LogP contribution is 2.32. The number of aliphatic hydroxyl groups excluding tert-OH is 1. The van der Waals surface area contributed by atoms with Gasteiger partial charge in [0.05, 0.1) is 22.7 Å². The van der Waals surface area contributed by atoms with Gasteiger partial charge in [0, 0.05) is 11.4 Å². The van der Waals surface area contributed by atoms with E-state index < -0.39 is 12.1 Å². The van der Waals surface area contributed by atoms with E-state index in [0.717, 1.165) is 11.1 Å². The summed E-state index contributed by atoms with van der Waals surface area (Å²) in [5, 5.41) is 13.8. The lowest BCUT2D eigenvalue weighted by Crippen LogP contribution is -2.34. The summed E-state index contributed by atoms with van der Waals surface area (Å²) in [6, 6.07) is 12.0. The quantitative estimate of drug-likeness (QED) is 0.890. The summed E-state index contributed by atoms with van der Waals surface area (Å²) >= 11 is 11.9. The number of halogens is 2. The third kappa shape index (κ3) is 2.77. The lowest BCUT2D eigenvalue weighted by Gasteiger charge is -2.18. The van der Waals surface area contributed by atoms with Crippen LogP contribution < -0.4 is 5.32 Å². The molecule has 0 saturated heterocycles. The molecule has 0 aliphatic heterocycles. The molecule has 0 spiro atoms. The SMILES string of the molecule is O=C(NC1c2ccccc2CC1O)c1cc(Cl)ccc1Cl. The Bertz CT molecular complexity index is 702. The average Bonchev–Trinajstić information content (AvgIpc) is 2.78. The molecule has 3 rings (SSSR count). The fourth-order valence-electron chi connectivity index (χ4n) is 2.64. The molecule has 1 aliphatic rings. The van der Waals surface area contributed by atoms with E-state index >= 15 is 0 Å². The van der Waals surface area contributed by atoms with Crippen LogP contribution in [0.15, 0.2) is 42.5 Å². The van der Waals surface area contributed by atoms with Gasteiger partial charge >= 0.3 is 0 Å². The van der Waals surface area contributed by atoms with Gasteiger partial charge in [-0.3, -0.25) is 4.79 Å². The van der Waals surface area contributed by atoms with Crippen molar-refractivity contribution in [2.45, 2.75) is 18.6 Å². The Morgan fingerprint density at radius 1 is 1.19 bits per heavy atom. The second-order valence-electron chi connectivity index (χ2n) is 5.05. The van der Waals surface area contributed by atoms with Crippen molar-refractivity contribution >= 4 is 29.1 Å². The molecule has 2 N–H and O–H groups in total. The maximum absolute atomic E-state index is 12.4. The molecular formula is C16H13Cl2NO2. The van der Waals surface area contributed by atoms with Crippen molar-refractivity contribution in [3.63, 3.8) is 0 Å². The summed E-state index contributed by atoms with van der Waals surface area (Å²) < 4.78 is 0. The van der Waals surface area contributed by atoms with E-state index in [2.05, 4.69) is 5.32 Å². The number of carbonyl (C=O) groups is 1. The summed E-state index contributed by atoms with van der Waals surface area (Å²) in [5.74, 6) is -0.344. The largest absolute Gasteiger partial charge is 0.390 e. The van der Waals surface area contributed by atoms with Crippen molar-refractivity contribution in [1.29, 1.82) is 0 Å². The fraction of sp³-hybridized carbons (Fsp3) is 0.188. The van der Waals surface area contributed by atoms with Gasteiger partial charge in [0.15, 0.2) is 0 Å². The summed E-state index contributed by atoms with van der Waals surface area (Å²) in [6.07, 6.45) is -0.103. The summed E-state index contributed by atoms with van der Waals surface area (Å²) in [4.78, 5) is 12.4. The van der Waals surface area contributed by atoms with Crippen LogP contribution in [0.5, 0.6) is 0 Å². The molecule has 1 amide bonds. The van der Waals surface area contributed by atoms with E-state index in [1.54, 1.807) is 12.1 Å². The van der Waals surface area contributed by atoms with Crippen LogP contribution in [0.3, 0.4) is 0 Å². The van der Waals surface area contributed by atoms with Crippen LogP contribution in [0, 0.1) is 0 Å². The minimum absolute atomic E-state index is 0.306. The van der Waals surface area contributed by atoms with E-state index in [-0.39, 0.29) is 5.91 Å². The normalized spacial score (nSPS) is 20.1. The molecule has 21 heavy (non-hydrogen) atoms. The van der Waals surface area contributed by atoms with Crippen LogP contribution in [0.25, 0.3) is 0 Å². The Labute approximate surface area is 132 Å². The van der Waals surface area contributed by atoms with Gasteiger partial charge in [-0.1, -0.05) is 47.5 Å².